The van der Waals surface area contributed by atoms with Crippen LogP contribution in [0.4, 0.5) is 37.7 Å². The summed E-state index contributed by atoms with van der Waals surface area (Å²) in [5.41, 5.74) is -5.82. The molecule has 64 heavy (non-hydrogen) atoms. The molecular weight excluding hydrogens is 990 g/mol. The number of aromatic amines is 2. The van der Waals surface area contributed by atoms with Gasteiger partial charge in [0.25, 0.3) is 31.2 Å². The number of ketones is 1. The van der Waals surface area contributed by atoms with Gasteiger partial charge in [-0.3, -0.25) is 28.8 Å². The van der Waals surface area contributed by atoms with Crippen molar-refractivity contribution in [2.24, 2.45) is 5.16 Å². The molecule has 0 fully saturated rings. The van der Waals surface area contributed by atoms with Crippen LogP contribution in [0.25, 0.3) is 0 Å². The van der Waals surface area contributed by atoms with Crippen LogP contribution in [0.3, 0.4) is 0 Å². The highest BCUT2D eigenvalue weighted by Crippen LogP contribution is 2.38. The zero-order valence-electron chi connectivity index (χ0n) is 31.4. The Morgan fingerprint density at radius 2 is 1.08 bits per heavy atom. The number of rotatable bonds is 11. The number of H-pyrrole nitrogens is 2. The first kappa shape index (κ1) is 49.0. The molecule has 336 valence electrons. The number of anilines is 2. The van der Waals surface area contributed by atoms with Crippen molar-refractivity contribution in [3.8, 4) is 0 Å². The first-order valence-electron chi connectivity index (χ1n) is 17.0. The first-order valence-corrected chi connectivity index (χ1v) is 21.4. The number of alkyl halides is 6. The second-order valence-electron chi connectivity index (χ2n) is 12.4. The maximum absolute atomic E-state index is 13.2. The van der Waals surface area contributed by atoms with Crippen LogP contribution >= 0.6 is 46.4 Å². The number of nitrogens with zero attached hydrogens (tertiary/aromatic N) is 3. The van der Waals surface area contributed by atoms with Crippen molar-refractivity contribution in [3.05, 3.63) is 172 Å². The molecule has 6 rings (SSSR count). The van der Waals surface area contributed by atoms with E-state index in [0.717, 1.165) is 42.6 Å². The zero-order chi connectivity index (χ0) is 47.4. The normalized spacial score (nSPS) is 12.2. The van der Waals surface area contributed by atoms with Gasteiger partial charge in [0.2, 0.25) is 5.78 Å². The Kier molecular flexibility index (Phi) is 14.9. The van der Waals surface area contributed by atoms with E-state index >= 15 is 0 Å². The fourth-order valence-electron chi connectivity index (χ4n) is 5.24. The fourth-order valence-corrected chi connectivity index (χ4v) is 8.17. The number of carbonyl (C=O) groups excluding carboxylic acids is 1. The number of sulfonamides is 2. The smallest absolute Gasteiger partial charge is 0.399 e. The Labute approximate surface area is 376 Å². The minimum absolute atomic E-state index is 0.00211. The topological polar surface area (TPSA) is 222 Å². The number of carbonyl (C=O) groups is 1. The summed E-state index contributed by atoms with van der Waals surface area (Å²) in [6.07, 6.45) is -4.90. The number of benzene rings is 2. The largest absolute Gasteiger partial charge is 0.417 e. The minimum Gasteiger partial charge on any atom is -0.399 e. The van der Waals surface area contributed by atoms with E-state index in [9.17, 15) is 57.6 Å². The molecule has 0 saturated carbocycles. The third-order valence-corrected chi connectivity index (χ3v) is 11.9. The van der Waals surface area contributed by atoms with Crippen LogP contribution in [0, 0.1) is 0 Å². The van der Waals surface area contributed by atoms with E-state index in [1.807, 2.05) is 4.72 Å². The monoisotopic (exact) mass is 1010 g/mol. The van der Waals surface area contributed by atoms with Gasteiger partial charge in [-0.1, -0.05) is 51.6 Å². The molecule has 15 nitrogen and oxygen atoms in total. The molecule has 0 amide bonds. The fraction of sp³-hybridized carbons (Fsp3) is 0.0811. The van der Waals surface area contributed by atoms with Gasteiger partial charge in [0.15, 0.2) is 0 Å². The molecule has 0 bridgehead atoms. The van der Waals surface area contributed by atoms with Gasteiger partial charge >= 0.3 is 12.4 Å². The number of hydrogen-bond acceptors (Lipinski definition) is 11. The molecule has 6 aromatic rings. The lowest BCUT2D eigenvalue weighted by Crippen LogP contribution is -2.22. The average molecular weight is 1010 g/mol. The Bertz CT molecular complexity index is 3150. The molecule has 0 aliphatic heterocycles. The molecule has 0 saturated heterocycles. The Hall–Kier alpha value is -5.98. The van der Waals surface area contributed by atoms with Crippen LogP contribution in [-0.2, 0) is 37.2 Å². The SMILES string of the molecule is CON=C(c1ncc(Cl)cc1NS(=O)(=O)c1ccc(Cl)c(C(F)(F)F)c1)c1ccc[nH]c1=O.O=C(c1ncc(Cl)cc1NS(=O)(=O)c1ccc(Cl)c(C(F)(F)F)c1)c1ccc[nH]c1=O. The highest BCUT2D eigenvalue weighted by molar-refractivity contribution is 7.93. The van der Waals surface area contributed by atoms with Gasteiger partial charge in [0.05, 0.1) is 63.5 Å². The highest BCUT2D eigenvalue weighted by Gasteiger charge is 2.36. The molecule has 0 spiro atoms. The van der Waals surface area contributed by atoms with Crippen LogP contribution in [0.5, 0.6) is 0 Å². The Balaban J connectivity index is 0.000000241. The summed E-state index contributed by atoms with van der Waals surface area (Å²) in [7, 11) is -8.01. The molecule has 2 aromatic carbocycles. The first-order chi connectivity index (χ1) is 29.8. The summed E-state index contributed by atoms with van der Waals surface area (Å²) in [4.78, 5) is 52.7. The quantitative estimate of drug-likeness (QED) is 0.0420. The highest BCUT2D eigenvalue weighted by atomic mass is 35.5. The van der Waals surface area contributed by atoms with Gasteiger partial charge in [-0.05, 0) is 72.8 Å². The molecule has 4 aromatic heterocycles. The molecule has 0 radical (unpaired) electrons. The average Bonchev–Trinajstić information content (AvgIpc) is 3.20. The minimum atomic E-state index is -4.89. The van der Waals surface area contributed by atoms with Crippen LogP contribution in [-0.4, -0.2) is 55.4 Å². The van der Waals surface area contributed by atoms with Gasteiger partial charge in [-0.2, -0.15) is 26.3 Å². The third-order valence-electron chi connectivity index (χ3n) is 8.06. The van der Waals surface area contributed by atoms with Gasteiger partial charge < -0.3 is 14.8 Å². The molecule has 0 aliphatic carbocycles. The summed E-state index contributed by atoms with van der Waals surface area (Å²) in [6, 6.07) is 11.8. The number of pyridine rings is 4. The lowest BCUT2D eigenvalue weighted by atomic mass is 10.1. The van der Waals surface area contributed by atoms with Gasteiger partial charge in [0, 0.05) is 24.8 Å². The standard InChI is InChI=1S/C19H13Cl2F3N4O4S.C18H10Cl2F3N3O4S/c1-32-27-16(12-3-2-6-25-18(12)29)17-15(7-10(20)9-26-17)28-33(30,31)11-4-5-14(21)13(8-11)19(22,23)24;19-9-6-14(15(25-8-9)16(27)11-2-1-5-24-17(11)28)26-31(29,30)10-3-4-13(20)12(7-10)18(21,22)23/h2-9,28H,1H3,(H,25,29);1-8,26H,(H,24,28). The third kappa shape index (κ3) is 11.6. The maximum atomic E-state index is 13.2. The number of hydrogen-bond donors (Lipinski definition) is 4. The van der Waals surface area contributed by atoms with Gasteiger partial charge in [-0.15, -0.1) is 0 Å². The number of aromatic nitrogens is 4. The molecular formula is C37H23Cl4F6N7O8S2. The number of oxime groups is 1. The predicted octanol–water partition coefficient (Wildman–Crippen LogP) is 8.42. The van der Waals surface area contributed by atoms with Gasteiger partial charge in [-0.25, -0.2) is 21.8 Å². The molecule has 4 N–H and O–H groups in total. The van der Waals surface area contributed by atoms with E-state index in [2.05, 4.69) is 29.8 Å². The summed E-state index contributed by atoms with van der Waals surface area (Å²) in [5.74, 6) is -0.927. The van der Waals surface area contributed by atoms with Crippen LogP contribution in [0.1, 0.15) is 38.4 Å². The van der Waals surface area contributed by atoms with E-state index in [1.165, 1.54) is 50.0 Å². The maximum Gasteiger partial charge on any atom is 0.417 e. The van der Waals surface area contributed by atoms with E-state index in [4.69, 9.17) is 51.2 Å². The summed E-state index contributed by atoms with van der Waals surface area (Å²) >= 11 is 22.9. The van der Waals surface area contributed by atoms with E-state index in [-0.39, 0.29) is 38.3 Å². The van der Waals surface area contributed by atoms with Crippen molar-refractivity contribution >= 4 is 89.3 Å². The summed E-state index contributed by atoms with van der Waals surface area (Å²) in [6.45, 7) is 0. The summed E-state index contributed by atoms with van der Waals surface area (Å²) in [5, 5.41) is 2.35. The second kappa shape index (κ2) is 19.4. The van der Waals surface area contributed by atoms with Crippen molar-refractivity contribution in [2.75, 3.05) is 16.6 Å². The Morgan fingerprint density at radius 1 is 0.656 bits per heavy atom. The lowest BCUT2D eigenvalue weighted by molar-refractivity contribution is -0.138. The van der Waals surface area contributed by atoms with Crippen LogP contribution in [0.15, 0.2) is 122 Å². The van der Waals surface area contributed by atoms with Crippen molar-refractivity contribution < 1.29 is 52.8 Å². The summed E-state index contributed by atoms with van der Waals surface area (Å²) < 4.78 is 134. The Morgan fingerprint density at radius 3 is 1.50 bits per heavy atom. The van der Waals surface area contributed by atoms with E-state index < -0.39 is 91.6 Å². The molecule has 0 unspecified atom stereocenters. The van der Waals surface area contributed by atoms with Crippen molar-refractivity contribution in [3.63, 3.8) is 0 Å². The van der Waals surface area contributed by atoms with Crippen LogP contribution < -0.4 is 20.6 Å². The van der Waals surface area contributed by atoms with Gasteiger partial charge in [0.1, 0.15) is 24.2 Å². The van der Waals surface area contributed by atoms with E-state index in [1.54, 1.807) is 0 Å². The zero-order valence-corrected chi connectivity index (χ0v) is 36.1. The van der Waals surface area contributed by atoms with Crippen molar-refractivity contribution in [1.29, 1.82) is 0 Å². The molecule has 4 heterocycles. The molecule has 0 atom stereocenters. The number of halogens is 10. The second-order valence-corrected chi connectivity index (χ2v) is 17.4. The van der Waals surface area contributed by atoms with E-state index in [0.29, 0.717) is 12.1 Å². The lowest BCUT2D eigenvalue weighted by Gasteiger charge is -2.15. The number of nitrogens with one attached hydrogen (secondary N) is 4. The van der Waals surface area contributed by atoms with Crippen molar-refractivity contribution in [1.82, 2.24) is 19.9 Å². The van der Waals surface area contributed by atoms with Crippen molar-refractivity contribution in [2.45, 2.75) is 22.1 Å². The van der Waals surface area contributed by atoms with Crippen LogP contribution in [0.2, 0.25) is 20.1 Å². The molecule has 27 heteroatoms. The molecule has 0 aliphatic rings. The predicted molar refractivity (Wildman–Crippen MR) is 223 cm³/mol.